The van der Waals surface area contributed by atoms with E-state index in [2.05, 4.69) is 137 Å². The van der Waals surface area contributed by atoms with Crippen LogP contribution in [-0.4, -0.2) is 24.1 Å². The summed E-state index contributed by atoms with van der Waals surface area (Å²) >= 11 is 0. The second kappa shape index (κ2) is 12.1. The average Bonchev–Trinajstić information content (AvgIpc) is 3.77. The predicted molar refractivity (Wildman–Crippen MR) is 222 cm³/mol. The molecule has 54 heavy (non-hydrogen) atoms. The van der Waals surface area contributed by atoms with Crippen LogP contribution >= 0.6 is 0 Å². The van der Waals surface area contributed by atoms with E-state index < -0.39 is 0 Å². The number of hydrogen-bond acceptors (Lipinski definition) is 3. The number of para-hydroxylation sites is 2. The summed E-state index contributed by atoms with van der Waals surface area (Å²) in [6.45, 7) is 0. The molecule has 11 aromatic rings. The van der Waals surface area contributed by atoms with Crippen molar-refractivity contribution in [2.45, 2.75) is 0 Å². The van der Waals surface area contributed by atoms with Crippen molar-refractivity contribution >= 4 is 54.4 Å². The Bertz CT molecular complexity index is 3140. The van der Waals surface area contributed by atoms with Gasteiger partial charge in [0.15, 0.2) is 11.6 Å². The zero-order valence-electron chi connectivity index (χ0n) is 29.1. The van der Waals surface area contributed by atoms with E-state index in [1.807, 2.05) is 60.7 Å². The van der Waals surface area contributed by atoms with Crippen molar-refractivity contribution in [3.63, 3.8) is 0 Å². The summed E-state index contributed by atoms with van der Waals surface area (Å²) in [6, 6.07) is 66.3. The van der Waals surface area contributed by atoms with Crippen molar-refractivity contribution in [1.29, 1.82) is 0 Å². The van der Waals surface area contributed by atoms with E-state index >= 15 is 0 Å². The van der Waals surface area contributed by atoms with Gasteiger partial charge in [-0.2, -0.15) is 9.97 Å². The molecular weight excluding hydrogens is 659 g/mol. The van der Waals surface area contributed by atoms with Crippen LogP contribution in [0.3, 0.4) is 0 Å². The Kier molecular flexibility index (Phi) is 6.79. The molecule has 0 spiro atoms. The third kappa shape index (κ3) is 4.76. The van der Waals surface area contributed by atoms with E-state index in [0.717, 1.165) is 44.2 Å². The zero-order valence-corrected chi connectivity index (χ0v) is 29.1. The van der Waals surface area contributed by atoms with Crippen LogP contribution in [0.25, 0.3) is 99.9 Å². The lowest BCUT2D eigenvalue weighted by molar-refractivity contribution is 0.953. The Balaban J connectivity index is 1.13. The maximum atomic E-state index is 5.11. The molecule has 3 aromatic heterocycles. The molecule has 0 bridgehead atoms. The minimum absolute atomic E-state index is 0.587. The van der Waals surface area contributed by atoms with Crippen molar-refractivity contribution < 1.29 is 0 Å². The van der Waals surface area contributed by atoms with Crippen LogP contribution in [0, 0.1) is 0 Å². The average molecular weight is 690 g/mol. The monoisotopic (exact) mass is 689 g/mol. The van der Waals surface area contributed by atoms with E-state index in [0.29, 0.717) is 17.6 Å². The molecule has 0 saturated carbocycles. The van der Waals surface area contributed by atoms with Crippen molar-refractivity contribution in [3.05, 3.63) is 188 Å². The SMILES string of the molecule is c1ccc(-c2nc(-c3ccccc3)nc(-n3c4ccccc4c4cc(-c5ccc6c(c5)c5c7ccccc7ccc5n6-c5ccccc5)ccc43)n2)cc1. The highest BCUT2D eigenvalue weighted by Crippen LogP contribution is 2.40. The van der Waals surface area contributed by atoms with Gasteiger partial charge < -0.3 is 4.57 Å². The highest BCUT2D eigenvalue weighted by atomic mass is 15.2. The summed E-state index contributed by atoms with van der Waals surface area (Å²) < 4.78 is 4.57. The fourth-order valence-electron chi connectivity index (χ4n) is 8.09. The fraction of sp³-hybridized carbons (Fsp3) is 0. The molecule has 252 valence electrons. The Morgan fingerprint density at radius 3 is 1.52 bits per heavy atom. The topological polar surface area (TPSA) is 48.5 Å². The summed E-state index contributed by atoms with van der Waals surface area (Å²) in [5.41, 5.74) is 9.83. The Morgan fingerprint density at radius 2 is 0.833 bits per heavy atom. The summed E-state index contributed by atoms with van der Waals surface area (Å²) in [5, 5.41) is 7.28. The molecule has 0 unspecified atom stereocenters. The van der Waals surface area contributed by atoms with Crippen molar-refractivity contribution in [3.8, 4) is 45.5 Å². The maximum absolute atomic E-state index is 5.11. The molecule has 0 amide bonds. The molecule has 0 aliphatic heterocycles. The molecule has 0 N–H and O–H groups in total. The lowest BCUT2D eigenvalue weighted by Crippen LogP contribution is -2.06. The van der Waals surface area contributed by atoms with Gasteiger partial charge in [0.05, 0.1) is 22.1 Å². The summed E-state index contributed by atoms with van der Waals surface area (Å²) in [6.07, 6.45) is 0. The van der Waals surface area contributed by atoms with E-state index in [4.69, 9.17) is 15.0 Å². The molecule has 8 aromatic carbocycles. The standard InChI is InChI=1S/C49H31N5/c1-4-15-33(16-5-1)47-50-48(34-17-6-2-7-18-34)52-49(51-47)54-42-23-13-12-22-39(42)40-30-35(25-27-43(40)54)36-26-28-44-41(31-36)46-38-21-11-10-14-32(38)24-29-45(46)53(44)37-19-8-3-9-20-37/h1-31H. The van der Waals surface area contributed by atoms with Gasteiger partial charge in [-0.05, 0) is 70.4 Å². The van der Waals surface area contributed by atoms with Gasteiger partial charge in [0, 0.05) is 38.4 Å². The molecule has 3 heterocycles. The van der Waals surface area contributed by atoms with Crippen LogP contribution in [0.5, 0.6) is 0 Å². The number of fused-ring (bicyclic) bond motifs is 8. The first-order chi connectivity index (χ1) is 26.8. The van der Waals surface area contributed by atoms with Crippen molar-refractivity contribution in [1.82, 2.24) is 24.1 Å². The number of benzene rings is 8. The number of rotatable bonds is 5. The minimum Gasteiger partial charge on any atom is -0.309 e. The number of hydrogen-bond donors (Lipinski definition) is 0. The molecule has 0 radical (unpaired) electrons. The van der Waals surface area contributed by atoms with Crippen LogP contribution in [0.1, 0.15) is 0 Å². The van der Waals surface area contributed by atoms with E-state index in [1.165, 1.54) is 38.1 Å². The summed E-state index contributed by atoms with van der Waals surface area (Å²) in [5.74, 6) is 1.86. The molecule has 0 saturated heterocycles. The number of nitrogens with zero attached hydrogens (tertiary/aromatic N) is 5. The fourth-order valence-corrected chi connectivity index (χ4v) is 8.09. The highest BCUT2D eigenvalue weighted by molar-refractivity contribution is 6.22. The molecule has 0 atom stereocenters. The van der Waals surface area contributed by atoms with Crippen LogP contribution in [-0.2, 0) is 0 Å². The van der Waals surface area contributed by atoms with Gasteiger partial charge >= 0.3 is 0 Å². The molecule has 5 heteroatoms. The van der Waals surface area contributed by atoms with Gasteiger partial charge in [-0.25, -0.2) is 4.98 Å². The Morgan fingerprint density at radius 1 is 0.315 bits per heavy atom. The third-order valence-corrected chi connectivity index (χ3v) is 10.6. The second-order valence-corrected chi connectivity index (χ2v) is 13.7. The molecule has 0 aliphatic rings. The van der Waals surface area contributed by atoms with E-state index in [-0.39, 0.29) is 0 Å². The normalized spacial score (nSPS) is 11.7. The second-order valence-electron chi connectivity index (χ2n) is 13.7. The molecular formula is C49H31N5. The van der Waals surface area contributed by atoms with Gasteiger partial charge in [-0.3, -0.25) is 4.57 Å². The van der Waals surface area contributed by atoms with Crippen molar-refractivity contribution in [2.24, 2.45) is 0 Å². The van der Waals surface area contributed by atoms with Crippen LogP contribution < -0.4 is 0 Å². The number of aromatic nitrogens is 5. The van der Waals surface area contributed by atoms with Gasteiger partial charge in [-0.15, -0.1) is 0 Å². The first-order valence-electron chi connectivity index (χ1n) is 18.2. The van der Waals surface area contributed by atoms with Crippen LogP contribution in [0.4, 0.5) is 0 Å². The lowest BCUT2D eigenvalue weighted by atomic mass is 9.99. The lowest BCUT2D eigenvalue weighted by Gasteiger charge is -2.11. The molecule has 5 nitrogen and oxygen atoms in total. The first-order valence-corrected chi connectivity index (χ1v) is 18.2. The van der Waals surface area contributed by atoms with Gasteiger partial charge in [0.25, 0.3) is 0 Å². The van der Waals surface area contributed by atoms with Gasteiger partial charge in [0.2, 0.25) is 5.95 Å². The van der Waals surface area contributed by atoms with E-state index in [9.17, 15) is 0 Å². The van der Waals surface area contributed by atoms with E-state index in [1.54, 1.807) is 0 Å². The minimum atomic E-state index is 0.587. The largest absolute Gasteiger partial charge is 0.309 e. The maximum Gasteiger partial charge on any atom is 0.238 e. The summed E-state index contributed by atoms with van der Waals surface area (Å²) in [7, 11) is 0. The Labute approximate surface area is 311 Å². The quantitative estimate of drug-likeness (QED) is 0.181. The first kappa shape index (κ1) is 30.3. The van der Waals surface area contributed by atoms with Gasteiger partial charge in [0.1, 0.15) is 0 Å². The van der Waals surface area contributed by atoms with Crippen LogP contribution in [0.15, 0.2) is 188 Å². The van der Waals surface area contributed by atoms with Gasteiger partial charge in [-0.1, -0.05) is 140 Å². The summed E-state index contributed by atoms with van der Waals surface area (Å²) in [4.78, 5) is 15.2. The zero-order chi connectivity index (χ0) is 35.6. The highest BCUT2D eigenvalue weighted by Gasteiger charge is 2.20. The van der Waals surface area contributed by atoms with Crippen LogP contribution in [0.2, 0.25) is 0 Å². The van der Waals surface area contributed by atoms with Crippen molar-refractivity contribution in [2.75, 3.05) is 0 Å². The molecule has 0 aliphatic carbocycles. The molecule has 0 fully saturated rings. The Hall–Kier alpha value is -7.37. The third-order valence-electron chi connectivity index (χ3n) is 10.6. The molecule has 11 rings (SSSR count). The smallest absolute Gasteiger partial charge is 0.238 e. The predicted octanol–water partition coefficient (Wildman–Crippen LogP) is 12.2.